The van der Waals surface area contributed by atoms with Crippen molar-refractivity contribution < 1.29 is 9.42 Å². The molecule has 2 aromatic heterocycles. The third-order valence-corrected chi connectivity index (χ3v) is 3.89. The molecule has 0 bridgehead atoms. The standard InChI is InChI=1S/C17H14N4O2/c1-21-10-11(12-5-2-3-8-15(12)21)9-16(22)18-13-6-4-7-14-17(13)20-23-19-14/h2-8,10H,9H2,1H3,(H,18,22). The number of nitrogens with one attached hydrogen (secondary N) is 1. The molecule has 6 heteroatoms. The van der Waals surface area contributed by atoms with Crippen LogP contribution in [-0.4, -0.2) is 20.8 Å². The van der Waals surface area contributed by atoms with Gasteiger partial charge < -0.3 is 9.88 Å². The molecule has 23 heavy (non-hydrogen) atoms. The highest BCUT2D eigenvalue weighted by atomic mass is 16.6. The second-order valence-corrected chi connectivity index (χ2v) is 5.44. The van der Waals surface area contributed by atoms with E-state index >= 15 is 0 Å². The molecule has 0 aliphatic rings. The first-order chi connectivity index (χ1) is 11.2. The van der Waals surface area contributed by atoms with Crippen LogP contribution in [0.5, 0.6) is 0 Å². The molecule has 0 aliphatic heterocycles. The molecule has 114 valence electrons. The molecule has 2 heterocycles. The highest BCUT2D eigenvalue weighted by Crippen LogP contribution is 2.23. The normalized spacial score (nSPS) is 11.2. The summed E-state index contributed by atoms with van der Waals surface area (Å²) >= 11 is 0. The van der Waals surface area contributed by atoms with E-state index in [-0.39, 0.29) is 5.91 Å². The number of aryl methyl sites for hydroxylation is 1. The van der Waals surface area contributed by atoms with Crippen LogP contribution >= 0.6 is 0 Å². The van der Waals surface area contributed by atoms with E-state index < -0.39 is 0 Å². The Hall–Kier alpha value is -3.15. The van der Waals surface area contributed by atoms with E-state index in [9.17, 15) is 4.79 Å². The van der Waals surface area contributed by atoms with Crippen molar-refractivity contribution in [2.45, 2.75) is 6.42 Å². The van der Waals surface area contributed by atoms with Crippen molar-refractivity contribution in [2.24, 2.45) is 7.05 Å². The lowest BCUT2D eigenvalue weighted by atomic mass is 10.1. The molecule has 0 atom stereocenters. The Morgan fingerprint density at radius 1 is 1.17 bits per heavy atom. The van der Waals surface area contributed by atoms with Gasteiger partial charge >= 0.3 is 0 Å². The van der Waals surface area contributed by atoms with Crippen molar-refractivity contribution in [2.75, 3.05) is 5.32 Å². The highest BCUT2D eigenvalue weighted by Gasteiger charge is 2.13. The first-order valence-corrected chi connectivity index (χ1v) is 7.26. The van der Waals surface area contributed by atoms with E-state index in [0.717, 1.165) is 16.5 Å². The molecule has 0 aliphatic carbocycles. The molecule has 0 saturated heterocycles. The topological polar surface area (TPSA) is 73.0 Å². The monoisotopic (exact) mass is 306 g/mol. The minimum atomic E-state index is -0.100. The van der Waals surface area contributed by atoms with Crippen LogP contribution in [0.1, 0.15) is 5.56 Å². The number of carbonyl (C=O) groups excluding carboxylic acids is 1. The van der Waals surface area contributed by atoms with E-state index in [1.54, 1.807) is 18.2 Å². The Morgan fingerprint density at radius 2 is 2.04 bits per heavy atom. The summed E-state index contributed by atoms with van der Waals surface area (Å²) in [5.74, 6) is -0.100. The highest BCUT2D eigenvalue weighted by molar-refractivity contribution is 6.01. The third-order valence-electron chi connectivity index (χ3n) is 3.89. The number of amides is 1. The van der Waals surface area contributed by atoms with Gasteiger partial charge in [0.15, 0.2) is 5.52 Å². The number of carbonyl (C=O) groups is 1. The summed E-state index contributed by atoms with van der Waals surface area (Å²) in [4.78, 5) is 12.4. The van der Waals surface area contributed by atoms with Crippen LogP contribution in [0, 0.1) is 0 Å². The fourth-order valence-corrected chi connectivity index (χ4v) is 2.84. The van der Waals surface area contributed by atoms with Gasteiger partial charge in [-0.3, -0.25) is 4.79 Å². The average Bonchev–Trinajstić information content (AvgIpc) is 3.14. The van der Waals surface area contributed by atoms with Gasteiger partial charge in [0, 0.05) is 24.1 Å². The predicted octanol–water partition coefficient (Wildman–Crippen LogP) is 2.90. The van der Waals surface area contributed by atoms with E-state index in [4.69, 9.17) is 4.63 Å². The molecule has 0 radical (unpaired) electrons. The fourth-order valence-electron chi connectivity index (χ4n) is 2.84. The second kappa shape index (κ2) is 5.24. The number of benzene rings is 2. The minimum Gasteiger partial charge on any atom is -0.350 e. The van der Waals surface area contributed by atoms with Gasteiger partial charge in [0.25, 0.3) is 0 Å². The Bertz CT molecular complexity index is 1020. The number of fused-ring (bicyclic) bond motifs is 2. The van der Waals surface area contributed by atoms with Gasteiger partial charge in [-0.2, -0.15) is 0 Å². The molecule has 4 aromatic rings. The summed E-state index contributed by atoms with van der Waals surface area (Å²) in [6.07, 6.45) is 2.28. The van der Waals surface area contributed by atoms with E-state index in [1.807, 2.05) is 42.1 Å². The fraction of sp³-hybridized carbons (Fsp3) is 0.118. The third kappa shape index (κ3) is 2.34. The summed E-state index contributed by atoms with van der Waals surface area (Å²) in [6, 6.07) is 13.4. The lowest BCUT2D eigenvalue weighted by Gasteiger charge is -2.04. The van der Waals surface area contributed by atoms with Gasteiger partial charge in [-0.1, -0.05) is 24.3 Å². The molecular weight excluding hydrogens is 292 g/mol. The zero-order valence-electron chi connectivity index (χ0n) is 12.5. The van der Waals surface area contributed by atoms with Crippen LogP contribution in [0.2, 0.25) is 0 Å². The van der Waals surface area contributed by atoms with Gasteiger partial charge in [0.2, 0.25) is 5.91 Å². The lowest BCUT2D eigenvalue weighted by molar-refractivity contribution is -0.115. The van der Waals surface area contributed by atoms with Crippen molar-refractivity contribution in [1.82, 2.24) is 14.9 Å². The molecule has 2 aromatic carbocycles. The number of anilines is 1. The smallest absolute Gasteiger partial charge is 0.228 e. The molecule has 0 saturated carbocycles. The molecule has 0 unspecified atom stereocenters. The van der Waals surface area contributed by atoms with Crippen molar-refractivity contribution in [3.05, 3.63) is 54.2 Å². The van der Waals surface area contributed by atoms with Gasteiger partial charge in [-0.05, 0) is 34.1 Å². The van der Waals surface area contributed by atoms with Crippen LogP contribution in [-0.2, 0) is 18.3 Å². The SMILES string of the molecule is Cn1cc(CC(=O)Nc2cccc3nonc23)c2ccccc21. The number of hydrogen-bond donors (Lipinski definition) is 1. The van der Waals surface area contributed by atoms with E-state index in [0.29, 0.717) is 23.1 Å². The maximum atomic E-state index is 12.4. The Kier molecular flexibility index (Phi) is 3.08. The second-order valence-electron chi connectivity index (χ2n) is 5.44. The number of hydrogen-bond acceptors (Lipinski definition) is 4. The molecule has 0 spiro atoms. The van der Waals surface area contributed by atoms with Crippen molar-refractivity contribution in [1.29, 1.82) is 0 Å². The lowest BCUT2D eigenvalue weighted by Crippen LogP contribution is -2.14. The average molecular weight is 306 g/mol. The first kappa shape index (κ1) is 13.5. The van der Waals surface area contributed by atoms with Gasteiger partial charge in [-0.25, -0.2) is 4.63 Å². The Balaban J connectivity index is 1.61. The summed E-state index contributed by atoms with van der Waals surface area (Å²) in [6.45, 7) is 0. The van der Waals surface area contributed by atoms with Crippen LogP contribution in [0.4, 0.5) is 5.69 Å². The van der Waals surface area contributed by atoms with Crippen LogP contribution in [0.15, 0.2) is 53.3 Å². The van der Waals surface area contributed by atoms with Crippen molar-refractivity contribution in [3.63, 3.8) is 0 Å². The first-order valence-electron chi connectivity index (χ1n) is 7.26. The van der Waals surface area contributed by atoms with Gasteiger partial charge in [0.1, 0.15) is 5.52 Å². The molecule has 0 fully saturated rings. The maximum absolute atomic E-state index is 12.4. The van der Waals surface area contributed by atoms with Gasteiger partial charge in [-0.15, -0.1) is 0 Å². The number of rotatable bonds is 3. The van der Waals surface area contributed by atoms with E-state index in [1.165, 1.54) is 0 Å². The molecule has 6 nitrogen and oxygen atoms in total. The predicted molar refractivity (Wildman–Crippen MR) is 87.1 cm³/mol. The largest absolute Gasteiger partial charge is 0.350 e. The zero-order valence-corrected chi connectivity index (χ0v) is 12.5. The molecule has 1 N–H and O–H groups in total. The van der Waals surface area contributed by atoms with Crippen molar-refractivity contribution >= 4 is 33.5 Å². The number of para-hydroxylation sites is 1. The van der Waals surface area contributed by atoms with Gasteiger partial charge in [0.05, 0.1) is 12.1 Å². The number of aromatic nitrogens is 3. The number of nitrogens with zero attached hydrogens (tertiary/aromatic N) is 3. The summed E-state index contributed by atoms with van der Waals surface area (Å²) in [7, 11) is 1.98. The van der Waals surface area contributed by atoms with Crippen molar-refractivity contribution in [3.8, 4) is 0 Å². The minimum absolute atomic E-state index is 0.100. The molecular formula is C17H14N4O2. The Labute approximate surface area is 131 Å². The van der Waals surface area contributed by atoms with Crippen LogP contribution in [0.25, 0.3) is 21.9 Å². The summed E-state index contributed by atoms with van der Waals surface area (Å²) < 4.78 is 6.74. The maximum Gasteiger partial charge on any atom is 0.228 e. The summed E-state index contributed by atoms with van der Waals surface area (Å²) in [5.41, 5.74) is 3.88. The zero-order chi connectivity index (χ0) is 15.8. The Morgan fingerprint density at radius 3 is 2.96 bits per heavy atom. The molecule has 4 rings (SSSR count). The quantitative estimate of drug-likeness (QED) is 0.631. The van der Waals surface area contributed by atoms with Crippen LogP contribution in [0.3, 0.4) is 0 Å². The summed E-state index contributed by atoms with van der Waals surface area (Å²) in [5, 5.41) is 11.6. The van der Waals surface area contributed by atoms with Crippen LogP contribution < -0.4 is 5.32 Å². The molecule has 1 amide bonds. The van der Waals surface area contributed by atoms with E-state index in [2.05, 4.69) is 15.6 Å².